The Morgan fingerprint density at radius 1 is 1.00 bits per heavy atom. The monoisotopic (exact) mass is 358 g/mol. The molecule has 0 heterocycles. The fourth-order valence-corrected chi connectivity index (χ4v) is 2.52. The van der Waals surface area contributed by atoms with Crippen LogP contribution in [0.1, 0.15) is 10.4 Å². The van der Waals surface area contributed by atoms with E-state index in [1.54, 1.807) is 0 Å². The van der Waals surface area contributed by atoms with E-state index in [-0.39, 0.29) is 5.69 Å². The van der Waals surface area contributed by atoms with Crippen molar-refractivity contribution in [1.29, 1.82) is 0 Å². The van der Waals surface area contributed by atoms with E-state index in [0.29, 0.717) is 11.8 Å². The van der Waals surface area contributed by atoms with Gasteiger partial charge in [-0.05, 0) is 36.4 Å². The topological polar surface area (TPSA) is 66.5 Å². The van der Waals surface area contributed by atoms with Crippen LogP contribution in [0.5, 0.6) is 0 Å². The van der Waals surface area contributed by atoms with Crippen LogP contribution in [0.3, 0.4) is 0 Å². The average Bonchev–Trinajstić information content (AvgIpc) is 2.51. The summed E-state index contributed by atoms with van der Waals surface area (Å²) >= 11 is 0. The summed E-state index contributed by atoms with van der Waals surface area (Å²) in [6.45, 7) is 0. The summed E-state index contributed by atoms with van der Waals surface area (Å²) in [5.41, 5.74) is -0.0287. The predicted molar refractivity (Wildman–Crippen MR) is 84.0 cm³/mol. The van der Waals surface area contributed by atoms with Crippen molar-refractivity contribution in [3.63, 3.8) is 0 Å². The molecule has 0 spiro atoms. The minimum Gasteiger partial charge on any atom is -0.311 e. The molecular weight excluding hydrogens is 345 g/mol. The zero-order valence-electron chi connectivity index (χ0n) is 12.7. The highest BCUT2D eigenvalue weighted by molar-refractivity contribution is 7.92. The van der Waals surface area contributed by atoms with Gasteiger partial charge in [-0.25, -0.2) is 21.6 Å². The van der Waals surface area contributed by atoms with Crippen LogP contribution in [0, 0.1) is 17.5 Å². The molecule has 0 fully saturated rings. The molecule has 0 aliphatic heterocycles. The van der Waals surface area contributed by atoms with Crippen molar-refractivity contribution in [3.8, 4) is 0 Å². The number of halogens is 3. The number of sulfonamides is 1. The summed E-state index contributed by atoms with van der Waals surface area (Å²) in [7, 11) is -2.12. The van der Waals surface area contributed by atoms with E-state index in [1.807, 2.05) is 0 Å². The van der Waals surface area contributed by atoms with Gasteiger partial charge in [0.15, 0.2) is 17.5 Å². The van der Waals surface area contributed by atoms with Crippen LogP contribution < -0.4 is 9.62 Å². The summed E-state index contributed by atoms with van der Waals surface area (Å²) in [4.78, 5) is 13.3. The third kappa shape index (κ3) is 3.85. The number of carbonyl (C=O) groups is 1. The largest absolute Gasteiger partial charge is 0.311 e. The van der Waals surface area contributed by atoms with Gasteiger partial charge in [0.1, 0.15) is 0 Å². The molecule has 5 nitrogen and oxygen atoms in total. The first-order valence-corrected chi connectivity index (χ1v) is 8.48. The second-order valence-corrected chi connectivity index (χ2v) is 6.76. The summed E-state index contributed by atoms with van der Waals surface area (Å²) < 4.78 is 64.4. The fraction of sp³-hybridized carbons (Fsp3) is 0.133. The molecule has 0 atom stereocenters. The van der Waals surface area contributed by atoms with Gasteiger partial charge in [-0.1, -0.05) is 0 Å². The smallest absolute Gasteiger partial charge is 0.261 e. The molecule has 24 heavy (non-hydrogen) atoms. The molecule has 0 aromatic heterocycles. The summed E-state index contributed by atoms with van der Waals surface area (Å²) in [6.07, 6.45) is 0.989. The normalized spacial score (nSPS) is 11.2. The average molecular weight is 358 g/mol. The summed E-state index contributed by atoms with van der Waals surface area (Å²) in [5, 5.41) is 0. The van der Waals surface area contributed by atoms with Crippen molar-refractivity contribution >= 4 is 27.3 Å². The number of nitrogens with zero attached hydrogens (tertiary/aromatic N) is 1. The lowest BCUT2D eigenvalue weighted by Gasteiger charge is -2.18. The van der Waals surface area contributed by atoms with Gasteiger partial charge in [-0.2, -0.15) is 0 Å². The first-order chi connectivity index (χ1) is 11.1. The molecule has 0 radical (unpaired) electrons. The lowest BCUT2D eigenvalue weighted by atomic mass is 10.1. The van der Waals surface area contributed by atoms with E-state index in [4.69, 9.17) is 0 Å². The minimum absolute atomic E-state index is 0.279. The number of amides is 1. The first kappa shape index (κ1) is 17.8. The minimum atomic E-state index is -3.44. The maximum atomic E-state index is 13.7. The molecule has 2 aromatic carbocycles. The van der Waals surface area contributed by atoms with E-state index in [1.165, 1.54) is 31.3 Å². The third-order valence-corrected chi connectivity index (χ3v) is 3.73. The number of nitrogens with one attached hydrogen (secondary N) is 1. The van der Waals surface area contributed by atoms with E-state index in [0.717, 1.165) is 17.2 Å². The number of hydrogen-bond donors (Lipinski definition) is 1. The van der Waals surface area contributed by atoms with Gasteiger partial charge in [0.05, 0.1) is 11.8 Å². The molecule has 2 aromatic rings. The van der Waals surface area contributed by atoms with Crippen molar-refractivity contribution in [2.24, 2.45) is 0 Å². The Labute approximate surface area is 136 Å². The third-order valence-electron chi connectivity index (χ3n) is 3.13. The molecule has 1 N–H and O–H groups in total. The number of anilines is 2. The maximum Gasteiger partial charge on any atom is 0.261 e. The molecular formula is C15H13F3N2O3S. The highest BCUT2D eigenvalue weighted by Gasteiger charge is 2.22. The second kappa shape index (κ2) is 6.52. The Bertz CT molecular complexity index is 884. The number of carbonyl (C=O) groups excluding carboxylic acids is 1. The Balaban J connectivity index is 2.27. The molecule has 128 valence electrons. The van der Waals surface area contributed by atoms with Gasteiger partial charge in [0, 0.05) is 18.4 Å². The second-order valence-electron chi connectivity index (χ2n) is 5.01. The van der Waals surface area contributed by atoms with E-state index >= 15 is 0 Å². The lowest BCUT2D eigenvalue weighted by molar-refractivity contribution is 0.0988. The Kier molecular flexibility index (Phi) is 4.83. The van der Waals surface area contributed by atoms with Crippen LogP contribution >= 0.6 is 0 Å². The van der Waals surface area contributed by atoms with Crippen LogP contribution in [0.15, 0.2) is 36.4 Å². The van der Waals surface area contributed by atoms with Crippen molar-refractivity contribution in [2.45, 2.75) is 0 Å². The Morgan fingerprint density at radius 2 is 1.58 bits per heavy atom. The van der Waals surface area contributed by atoms with Crippen LogP contribution in [0.4, 0.5) is 24.5 Å². The van der Waals surface area contributed by atoms with Crippen molar-refractivity contribution in [2.75, 3.05) is 22.9 Å². The quantitative estimate of drug-likeness (QED) is 0.855. The standard InChI is InChI=1S/C15H13F3N2O3S/c1-20(10-5-3-9(4-6-10)19-24(2,22)23)15(21)11-7-8-12(16)14(18)13(11)17/h3-8,19H,1-2H3. The van der Waals surface area contributed by atoms with Crippen LogP contribution in [-0.2, 0) is 10.0 Å². The van der Waals surface area contributed by atoms with Crippen LogP contribution in [0.2, 0.25) is 0 Å². The van der Waals surface area contributed by atoms with E-state index in [2.05, 4.69) is 4.72 Å². The van der Waals surface area contributed by atoms with Gasteiger partial charge in [0.25, 0.3) is 5.91 Å². The zero-order valence-corrected chi connectivity index (χ0v) is 13.5. The van der Waals surface area contributed by atoms with Crippen molar-refractivity contribution in [1.82, 2.24) is 0 Å². The van der Waals surface area contributed by atoms with Crippen molar-refractivity contribution in [3.05, 3.63) is 59.4 Å². The molecule has 0 saturated carbocycles. The molecule has 1 amide bonds. The Morgan fingerprint density at radius 3 is 2.12 bits per heavy atom. The van der Waals surface area contributed by atoms with E-state index < -0.39 is 38.9 Å². The lowest BCUT2D eigenvalue weighted by Crippen LogP contribution is -2.27. The van der Waals surface area contributed by atoms with Gasteiger partial charge in [0.2, 0.25) is 10.0 Å². The van der Waals surface area contributed by atoms with Crippen molar-refractivity contribution < 1.29 is 26.4 Å². The maximum absolute atomic E-state index is 13.7. The van der Waals surface area contributed by atoms with Gasteiger partial charge >= 0.3 is 0 Å². The number of hydrogen-bond acceptors (Lipinski definition) is 3. The molecule has 0 unspecified atom stereocenters. The van der Waals surface area contributed by atoms with Gasteiger partial charge < -0.3 is 4.90 Å². The highest BCUT2D eigenvalue weighted by atomic mass is 32.2. The van der Waals surface area contributed by atoms with Crippen LogP contribution in [-0.4, -0.2) is 27.6 Å². The van der Waals surface area contributed by atoms with Crippen LogP contribution in [0.25, 0.3) is 0 Å². The first-order valence-electron chi connectivity index (χ1n) is 6.59. The molecule has 2 rings (SSSR count). The number of benzene rings is 2. The number of rotatable bonds is 4. The molecule has 0 aliphatic carbocycles. The summed E-state index contributed by atoms with van der Waals surface area (Å²) in [5.74, 6) is -5.55. The molecule has 0 saturated heterocycles. The molecule has 0 bridgehead atoms. The zero-order chi connectivity index (χ0) is 18.1. The SMILES string of the molecule is CN(C(=O)c1ccc(F)c(F)c1F)c1ccc(NS(C)(=O)=O)cc1. The molecule has 9 heteroatoms. The summed E-state index contributed by atoms with van der Waals surface area (Å²) in [6, 6.07) is 7.17. The predicted octanol–water partition coefficient (Wildman–Crippen LogP) is 2.75. The molecule has 0 aliphatic rings. The van der Waals surface area contributed by atoms with Gasteiger partial charge in [-0.3, -0.25) is 9.52 Å². The fourth-order valence-electron chi connectivity index (χ4n) is 1.96. The van der Waals surface area contributed by atoms with Gasteiger partial charge in [-0.15, -0.1) is 0 Å². The highest BCUT2D eigenvalue weighted by Crippen LogP contribution is 2.22. The Hall–Kier alpha value is -2.55. The van der Waals surface area contributed by atoms with E-state index in [9.17, 15) is 26.4 Å².